The van der Waals surface area contributed by atoms with Crippen LogP contribution < -0.4 is 0 Å². The van der Waals surface area contributed by atoms with Crippen molar-refractivity contribution in [1.29, 1.82) is 0 Å². The number of thioether (sulfide) groups is 2. The summed E-state index contributed by atoms with van der Waals surface area (Å²) in [6.07, 6.45) is 4.74. The van der Waals surface area contributed by atoms with Crippen LogP contribution in [-0.4, -0.2) is 80.3 Å². The molecular formula is C22H50O6S2Si2. The molecule has 194 valence electrons. The van der Waals surface area contributed by atoms with Crippen LogP contribution in [0.5, 0.6) is 0 Å². The third kappa shape index (κ3) is 15.7. The van der Waals surface area contributed by atoms with Gasteiger partial charge < -0.3 is 26.6 Å². The van der Waals surface area contributed by atoms with Crippen LogP contribution in [0.1, 0.15) is 67.2 Å². The van der Waals surface area contributed by atoms with Gasteiger partial charge in [-0.2, -0.15) is 23.5 Å². The highest BCUT2D eigenvalue weighted by Gasteiger charge is 2.40. The monoisotopic (exact) mass is 530 g/mol. The van der Waals surface area contributed by atoms with Crippen molar-refractivity contribution in [1.82, 2.24) is 0 Å². The number of unbranched alkanes of at least 4 members (excludes halogenated alkanes) is 1. The van der Waals surface area contributed by atoms with Crippen molar-refractivity contribution in [2.45, 2.75) is 79.3 Å². The van der Waals surface area contributed by atoms with Gasteiger partial charge in [0, 0.05) is 51.7 Å². The zero-order chi connectivity index (χ0) is 24.0. The zero-order valence-electron chi connectivity index (χ0n) is 21.6. The van der Waals surface area contributed by atoms with E-state index >= 15 is 0 Å². The van der Waals surface area contributed by atoms with E-state index in [1.165, 1.54) is 24.3 Å². The summed E-state index contributed by atoms with van der Waals surface area (Å²) in [4.78, 5) is 0. The summed E-state index contributed by atoms with van der Waals surface area (Å²) in [5, 5.41) is 0. The highest BCUT2D eigenvalue weighted by atomic mass is 32.2. The maximum absolute atomic E-state index is 5.93. The molecule has 0 atom stereocenters. The van der Waals surface area contributed by atoms with Gasteiger partial charge in [0.15, 0.2) is 0 Å². The molecule has 0 saturated carbocycles. The second-order valence-electron chi connectivity index (χ2n) is 7.10. The fraction of sp³-hybridized carbons (Fsp3) is 1.00. The summed E-state index contributed by atoms with van der Waals surface area (Å²) < 4.78 is 35.6. The van der Waals surface area contributed by atoms with Gasteiger partial charge in [-0.25, -0.2) is 0 Å². The van der Waals surface area contributed by atoms with Crippen LogP contribution in [0.25, 0.3) is 0 Å². The lowest BCUT2D eigenvalue weighted by atomic mass is 10.4. The van der Waals surface area contributed by atoms with Gasteiger partial charge in [-0.05, 0) is 90.2 Å². The summed E-state index contributed by atoms with van der Waals surface area (Å²) in [5.74, 6) is 4.74. The van der Waals surface area contributed by atoms with Crippen LogP contribution in [0.15, 0.2) is 0 Å². The molecule has 0 aromatic rings. The minimum absolute atomic E-state index is 0.656. The average molecular weight is 531 g/mol. The van der Waals surface area contributed by atoms with Crippen molar-refractivity contribution in [2.24, 2.45) is 0 Å². The van der Waals surface area contributed by atoms with Gasteiger partial charge in [0.2, 0.25) is 0 Å². The van der Waals surface area contributed by atoms with Crippen molar-refractivity contribution in [3.05, 3.63) is 0 Å². The fourth-order valence-corrected chi connectivity index (χ4v) is 11.1. The van der Waals surface area contributed by atoms with Crippen LogP contribution in [0.4, 0.5) is 0 Å². The first-order valence-electron chi connectivity index (χ1n) is 12.6. The summed E-state index contributed by atoms with van der Waals surface area (Å²) in [5.41, 5.74) is 0. The highest BCUT2D eigenvalue weighted by molar-refractivity contribution is 7.99. The Labute approximate surface area is 209 Å². The van der Waals surface area contributed by atoms with Crippen molar-refractivity contribution in [3.8, 4) is 0 Å². The second kappa shape index (κ2) is 22.4. The first-order chi connectivity index (χ1) is 15.6. The second-order valence-corrected chi connectivity index (χ2v) is 15.0. The van der Waals surface area contributed by atoms with E-state index in [9.17, 15) is 0 Å². The van der Waals surface area contributed by atoms with Gasteiger partial charge in [-0.3, -0.25) is 0 Å². The molecule has 0 aromatic heterocycles. The minimum atomic E-state index is -2.46. The average Bonchev–Trinajstić information content (AvgIpc) is 2.76. The molecular weight excluding hydrogens is 481 g/mol. The SMILES string of the molecule is CCO[Si](CCCSCCCCSCCC[Si](OCC)(OCC)OCC)(OCC)OCC. The molecule has 0 fully saturated rings. The van der Waals surface area contributed by atoms with E-state index in [2.05, 4.69) is 0 Å². The van der Waals surface area contributed by atoms with E-state index in [-0.39, 0.29) is 0 Å². The van der Waals surface area contributed by atoms with Gasteiger partial charge in [-0.1, -0.05) is 0 Å². The Kier molecular flexibility index (Phi) is 23.0. The summed E-state index contributed by atoms with van der Waals surface area (Å²) in [7, 11) is -4.92. The Morgan fingerprint density at radius 2 is 0.656 bits per heavy atom. The van der Waals surface area contributed by atoms with E-state index in [1.54, 1.807) is 0 Å². The topological polar surface area (TPSA) is 55.4 Å². The van der Waals surface area contributed by atoms with E-state index in [0.29, 0.717) is 39.6 Å². The van der Waals surface area contributed by atoms with Crippen molar-refractivity contribution in [2.75, 3.05) is 62.7 Å². The van der Waals surface area contributed by atoms with Crippen molar-refractivity contribution >= 4 is 41.1 Å². The minimum Gasteiger partial charge on any atom is -0.374 e. The van der Waals surface area contributed by atoms with Crippen LogP contribution in [0.3, 0.4) is 0 Å². The number of hydrogen-bond donors (Lipinski definition) is 0. The molecule has 0 aliphatic carbocycles. The zero-order valence-corrected chi connectivity index (χ0v) is 25.2. The first-order valence-corrected chi connectivity index (χ1v) is 18.7. The molecule has 10 heteroatoms. The lowest BCUT2D eigenvalue weighted by Crippen LogP contribution is -2.46. The van der Waals surface area contributed by atoms with Crippen molar-refractivity contribution in [3.63, 3.8) is 0 Å². The van der Waals surface area contributed by atoms with Crippen LogP contribution in [0.2, 0.25) is 12.1 Å². The fourth-order valence-electron chi connectivity index (χ4n) is 3.40. The third-order valence-corrected chi connectivity index (χ3v) is 13.2. The Hall–Kier alpha value is 0.894. The summed E-state index contributed by atoms with van der Waals surface area (Å²) in [6, 6.07) is 1.84. The number of rotatable bonds is 25. The lowest BCUT2D eigenvalue weighted by molar-refractivity contribution is 0.0704. The van der Waals surface area contributed by atoms with Crippen LogP contribution >= 0.6 is 23.5 Å². The molecule has 0 amide bonds. The van der Waals surface area contributed by atoms with E-state index in [1.807, 2.05) is 65.1 Å². The Balaban J connectivity index is 3.85. The normalized spacial score (nSPS) is 12.6. The predicted molar refractivity (Wildman–Crippen MR) is 144 cm³/mol. The van der Waals surface area contributed by atoms with Gasteiger partial charge in [0.1, 0.15) is 0 Å². The molecule has 0 aliphatic heterocycles. The van der Waals surface area contributed by atoms with Crippen LogP contribution in [-0.2, 0) is 26.6 Å². The maximum atomic E-state index is 5.93. The molecule has 0 radical (unpaired) electrons. The molecule has 0 aliphatic rings. The molecule has 0 N–H and O–H groups in total. The maximum Gasteiger partial charge on any atom is 0.500 e. The Morgan fingerprint density at radius 3 is 0.906 bits per heavy atom. The molecule has 0 aromatic carbocycles. The molecule has 0 heterocycles. The molecule has 0 spiro atoms. The van der Waals surface area contributed by atoms with Crippen LogP contribution in [0, 0.1) is 0 Å². The molecule has 0 rings (SSSR count). The molecule has 0 saturated heterocycles. The van der Waals surface area contributed by atoms with E-state index in [0.717, 1.165) is 36.4 Å². The lowest BCUT2D eigenvalue weighted by Gasteiger charge is -2.28. The largest absolute Gasteiger partial charge is 0.500 e. The van der Waals surface area contributed by atoms with Gasteiger partial charge >= 0.3 is 17.6 Å². The standard InChI is InChI=1S/C22H50O6S2Si2/c1-7-23-31(24-8-2,25-9-3)21-15-19-29-17-13-14-18-30-20-16-22-32(26-10-4,27-11-5)28-12-6/h7-22H2,1-6H3. The third-order valence-electron chi connectivity index (χ3n) is 4.56. The number of hydrogen-bond acceptors (Lipinski definition) is 8. The first kappa shape index (κ1) is 32.9. The summed E-state index contributed by atoms with van der Waals surface area (Å²) in [6.45, 7) is 16.0. The summed E-state index contributed by atoms with van der Waals surface area (Å²) >= 11 is 4.08. The van der Waals surface area contributed by atoms with Crippen molar-refractivity contribution < 1.29 is 26.6 Å². The highest BCUT2D eigenvalue weighted by Crippen LogP contribution is 2.22. The van der Waals surface area contributed by atoms with E-state index < -0.39 is 17.6 Å². The molecule has 32 heavy (non-hydrogen) atoms. The van der Waals surface area contributed by atoms with E-state index in [4.69, 9.17) is 26.6 Å². The molecule has 0 bridgehead atoms. The predicted octanol–water partition coefficient (Wildman–Crippen LogP) is 6.11. The molecule has 0 unspecified atom stereocenters. The Morgan fingerprint density at radius 1 is 0.406 bits per heavy atom. The Bertz CT molecular complexity index is 341. The smallest absolute Gasteiger partial charge is 0.374 e. The molecule has 6 nitrogen and oxygen atoms in total. The van der Waals surface area contributed by atoms with Gasteiger partial charge in [-0.15, -0.1) is 0 Å². The quantitative estimate of drug-likeness (QED) is 0.103. The van der Waals surface area contributed by atoms with Gasteiger partial charge in [0.05, 0.1) is 0 Å². The van der Waals surface area contributed by atoms with Gasteiger partial charge in [0.25, 0.3) is 0 Å².